The minimum absolute atomic E-state index is 0.222. The minimum Gasteiger partial charge on any atom is -0.481 e. The Morgan fingerprint density at radius 1 is 1.17 bits per heavy atom. The van der Waals surface area contributed by atoms with Gasteiger partial charge in [0.2, 0.25) is 0 Å². The molecule has 0 aromatic heterocycles. The number of carboxylic acids is 2. The van der Waals surface area contributed by atoms with E-state index < -0.39 is 17.4 Å². The van der Waals surface area contributed by atoms with E-state index in [0.29, 0.717) is 0 Å². The highest BCUT2D eigenvalue weighted by atomic mass is 16.4. The van der Waals surface area contributed by atoms with E-state index in [0.717, 1.165) is 0 Å². The molecule has 0 aliphatic rings. The van der Waals surface area contributed by atoms with E-state index in [-0.39, 0.29) is 6.42 Å². The van der Waals surface area contributed by atoms with E-state index in [1.165, 1.54) is 0 Å². The summed E-state index contributed by atoms with van der Waals surface area (Å²) in [7, 11) is 0. The van der Waals surface area contributed by atoms with Crippen molar-refractivity contribution in [2.24, 2.45) is 5.41 Å². The van der Waals surface area contributed by atoms with Gasteiger partial charge in [-0.3, -0.25) is 9.59 Å². The number of aliphatic carboxylic acids is 2. The summed E-state index contributed by atoms with van der Waals surface area (Å²) >= 11 is 0. The first kappa shape index (κ1) is 13.5. The van der Waals surface area contributed by atoms with Gasteiger partial charge in [-0.25, -0.2) is 0 Å². The van der Waals surface area contributed by atoms with Crippen molar-refractivity contribution in [3.8, 4) is 0 Å². The second-order valence-corrected chi connectivity index (χ2v) is 3.30. The number of rotatable bonds is 1. The van der Waals surface area contributed by atoms with E-state index in [1.54, 1.807) is 27.7 Å². The smallest absolute Gasteiger partial charge is 0.308 e. The molecule has 0 saturated heterocycles. The van der Waals surface area contributed by atoms with Gasteiger partial charge in [-0.2, -0.15) is 0 Å². The molecule has 0 amide bonds. The number of hydrogen-bond acceptors (Lipinski definition) is 2. The standard InChI is InChI=1S/C5H10O2.C3H6O2/c1-5(2,3)4(6)7;1-2-3(4)5/h1-3H3,(H,6,7);2H2,1H3,(H,4,5). The summed E-state index contributed by atoms with van der Waals surface area (Å²) in [6, 6.07) is 0. The van der Waals surface area contributed by atoms with Crippen LogP contribution in [-0.2, 0) is 9.59 Å². The molecule has 2 N–H and O–H groups in total. The van der Waals surface area contributed by atoms with Crippen molar-refractivity contribution in [3.63, 3.8) is 0 Å². The minimum atomic E-state index is -0.757. The maximum atomic E-state index is 10.0. The highest BCUT2D eigenvalue weighted by molar-refractivity contribution is 5.72. The van der Waals surface area contributed by atoms with Gasteiger partial charge in [0, 0.05) is 6.42 Å². The van der Waals surface area contributed by atoms with Crippen molar-refractivity contribution in [2.75, 3.05) is 0 Å². The molecule has 0 aliphatic carbocycles. The number of hydrogen-bond donors (Lipinski definition) is 2. The molecule has 0 rings (SSSR count). The molecule has 0 radical (unpaired) electrons. The molecule has 0 spiro atoms. The van der Waals surface area contributed by atoms with Crippen LogP contribution in [-0.4, -0.2) is 22.2 Å². The van der Waals surface area contributed by atoms with Crippen LogP contribution in [0.5, 0.6) is 0 Å². The Hall–Kier alpha value is -1.06. The lowest BCUT2D eigenvalue weighted by Gasteiger charge is -2.08. The zero-order valence-corrected chi connectivity index (χ0v) is 7.92. The SMILES string of the molecule is CC(C)(C)C(=O)O.CCC(=O)O. The van der Waals surface area contributed by atoms with Gasteiger partial charge < -0.3 is 10.2 Å². The Morgan fingerprint density at radius 2 is 1.33 bits per heavy atom. The molecule has 4 nitrogen and oxygen atoms in total. The normalized spacial score (nSPS) is 9.67. The molecule has 0 heterocycles. The van der Waals surface area contributed by atoms with Crippen LogP contribution in [0.2, 0.25) is 0 Å². The third-order valence-corrected chi connectivity index (χ3v) is 0.944. The van der Waals surface area contributed by atoms with Crippen LogP contribution in [0.1, 0.15) is 34.1 Å². The second kappa shape index (κ2) is 5.57. The van der Waals surface area contributed by atoms with Crippen molar-refractivity contribution < 1.29 is 19.8 Å². The van der Waals surface area contributed by atoms with Crippen molar-refractivity contribution in [1.29, 1.82) is 0 Å². The highest BCUT2D eigenvalue weighted by Gasteiger charge is 2.18. The van der Waals surface area contributed by atoms with Crippen molar-refractivity contribution >= 4 is 11.9 Å². The second-order valence-electron chi connectivity index (χ2n) is 3.30. The predicted molar refractivity (Wildman–Crippen MR) is 45.0 cm³/mol. The molecule has 0 atom stereocenters. The molecule has 0 bridgehead atoms. The van der Waals surface area contributed by atoms with Gasteiger partial charge >= 0.3 is 11.9 Å². The molecule has 12 heavy (non-hydrogen) atoms. The van der Waals surface area contributed by atoms with Crippen molar-refractivity contribution in [2.45, 2.75) is 34.1 Å². The third-order valence-electron chi connectivity index (χ3n) is 0.944. The molecule has 0 saturated carbocycles. The number of carboxylic acid groups (broad SMARTS) is 2. The van der Waals surface area contributed by atoms with Crippen LogP contribution in [0.4, 0.5) is 0 Å². The molecule has 0 aromatic rings. The summed E-state index contributed by atoms with van der Waals surface area (Å²) < 4.78 is 0. The van der Waals surface area contributed by atoms with Crippen LogP contribution >= 0.6 is 0 Å². The number of carbonyl (C=O) groups is 2. The molecule has 0 aliphatic heterocycles. The Bertz CT molecular complexity index is 155. The third kappa shape index (κ3) is 11.7. The fourth-order valence-electron chi connectivity index (χ4n) is 0. The molecular weight excluding hydrogens is 160 g/mol. The van der Waals surface area contributed by atoms with Crippen molar-refractivity contribution in [1.82, 2.24) is 0 Å². The quantitative estimate of drug-likeness (QED) is 0.636. The van der Waals surface area contributed by atoms with E-state index in [4.69, 9.17) is 10.2 Å². The molecule has 4 heteroatoms. The monoisotopic (exact) mass is 176 g/mol. The zero-order chi connectivity index (χ0) is 10.4. The Balaban J connectivity index is 0. The average molecular weight is 176 g/mol. The van der Waals surface area contributed by atoms with E-state index in [1.807, 2.05) is 0 Å². The molecule has 0 fully saturated rings. The lowest BCUT2D eigenvalue weighted by molar-refractivity contribution is -0.145. The van der Waals surface area contributed by atoms with Gasteiger partial charge in [0.05, 0.1) is 5.41 Å². The fraction of sp³-hybridized carbons (Fsp3) is 0.750. The summed E-state index contributed by atoms with van der Waals surface area (Å²) in [5, 5.41) is 16.0. The van der Waals surface area contributed by atoms with Crippen LogP contribution in [0.3, 0.4) is 0 Å². The Labute approximate surface area is 72.2 Å². The average Bonchev–Trinajstić information content (AvgIpc) is 1.87. The summed E-state index contributed by atoms with van der Waals surface area (Å²) in [6.07, 6.45) is 0.222. The van der Waals surface area contributed by atoms with Gasteiger partial charge in [-0.15, -0.1) is 0 Å². The van der Waals surface area contributed by atoms with Crippen LogP contribution in [0.25, 0.3) is 0 Å². The van der Waals surface area contributed by atoms with Gasteiger partial charge in [0.1, 0.15) is 0 Å². The molecule has 0 unspecified atom stereocenters. The highest BCUT2D eigenvalue weighted by Crippen LogP contribution is 2.11. The summed E-state index contributed by atoms with van der Waals surface area (Å²) in [5.74, 6) is -1.50. The maximum Gasteiger partial charge on any atom is 0.308 e. The fourth-order valence-corrected chi connectivity index (χ4v) is 0. The van der Waals surface area contributed by atoms with Crippen molar-refractivity contribution in [3.05, 3.63) is 0 Å². The van der Waals surface area contributed by atoms with E-state index in [2.05, 4.69) is 0 Å². The maximum absolute atomic E-state index is 10.0. The van der Waals surface area contributed by atoms with Gasteiger partial charge in [0.25, 0.3) is 0 Å². The molecular formula is C8H16O4. The largest absolute Gasteiger partial charge is 0.481 e. The summed E-state index contributed by atoms with van der Waals surface area (Å²) in [5.41, 5.74) is -0.583. The van der Waals surface area contributed by atoms with Gasteiger partial charge in [0.15, 0.2) is 0 Å². The first-order valence-corrected chi connectivity index (χ1v) is 3.67. The molecule has 0 aromatic carbocycles. The molecule has 72 valence electrons. The van der Waals surface area contributed by atoms with E-state index in [9.17, 15) is 9.59 Å². The lowest BCUT2D eigenvalue weighted by atomic mass is 9.98. The summed E-state index contributed by atoms with van der Waals surface area (Å²) in [4.78, 5) is 19.4. The van der Waals surface area contributed by atoms with Gasteiger partial charge in [-0.1, -0.05) is 6.92 Å². The predicted octanol–water partition coefficient (Wildman–Crippen LogP) is 1.60. The van der Waals surface area contributed by atoms with Crippen LogP contribution in [0.15, 0.2) is 0 Å². The Morgan fingerprint density at radius 3 is 1.33 bits per heavy atom. The zero-order valence-electron chi connectivity index (χ0n) is 7.92. The summed E-state index contributed by atoms with van der Waals surface area (Å²) in [6.45, 7) is 6.59. The Kier molecular flexibility index (Phi) is 6.28. The lowest BCUT2D eigenvalue weighted by Crippen LogP contribution is -2.18. The van der Waals surface area contributed by atoms with Crippen LogP contribution in [0, 0.1) is 5.41 Å². The first-order valence-electron chi connectivity index (χ1n) is 3.67. The topological polar surface area (TPSA) is 74.6 Å². The van der Waals surface area contributed by atoms with E-state index >= 15 is 0 Å². The first-order chi connectivity index (χ1) is 5.21. The van der Waals surface area contributed by atoms with Gasteiger partial charge in [-0.05, 0) is 20.8 Å². The van der Waals surface area contributed by atoms with Crippen LogP contribution < -0.4 is 0 Å².